The number of rotatable bonds is 8. The number of aromatic nitrogens is 1. The highest BCUT2D eigenvalue weighted by atomic mass is 127. The fourth-order valence-corrected chi connectivity index (χ4v) is 3.42. The smallest absolute Gasteiger partial charge is 0.191 e. The van der Waals surface area contributed by atoms with Crippen LogP contribution in [0, 0.1) is 6.92 Å². The average molecular weight is 451 g/mol. The van der Waals surface area contributed by atoms with Crippen LogP contribution in [-0.4, -0.2) is 55.1 Å². The Morgan fingerprint density at radius 1 is 1.35 bits per heavy atom. The summed E-state index contributed by atoms with van der Waals surface area (Å²) in [4.78, 5) is 12.9. The second kappa shape index (κ2) is 12.0. The Bertz CT molecular complexity index is 457. The van der Waals surface area contributed by atoms with Gasteiger partial charge in [0, 0.05) is 37.1 Å². The molecule has 1 aliphatic rings. The Hall–Kier alpha value is -0.410. The molecule has 1 fully saturated rings. The van der Waals surface area contributed by atoms with Crippen LogP contribution >= 0.6 is 35.3 Å². The molecule has 2 rings (SSSR count). The minimum atomic E-state index is 0. The van der Waals surface area contributed by atoms with Gasteiger partial charge in [0.2, 0.25) is 0 Å². The normalized spacial score (nSPS) is 15.5. The van der Waals surface area contributed by atoms with E-state index in [1.165, 1.54) is 42.4 Å². The molecule has 2 heterocycles. The summed E-state index contributed by atoms with van der Waals surface area (Å²) in [6.07, 6.45) is 6.77. The Labute approximate surface area is 161 Å². The van der Waals surface area contributed by atoms with Crippen LogP contribution < -0.4 is 10.6 Å². The van der Waals surface area contributed by atoms with Crippen molar-refractivity contribution in [2.24, 2.45) is 4.99 Å². The summed E-state index contributed by atoms with van der Waals surface area (Å²) in [7, 11) is 0. The molecule has 0 spiro atoms. The molecule has 2 N–H and O–H groups in total. The Balaban J connectivity index is 0.00000264. The van der Waals surface area contributed by atoms with E-state index in [1.807, 2.05) is 6.20 Å². The molecule has 0 atom stereocenters. The molecule has 5 nitrogen and oxygen atoms in total. The number of nitrogens with one attached hydrogen (secondary N) is 2. The number of thiazole rings is 1. The van der Waals surface area contributed by atoms with Crippen molar-refractivity contribution >= 4 is 41.3 Å². The van der Waals surface area contributed by atoms with Gasteiger partial charge in [-0.25, -0.2) is 4.98 Å². The highest BCUT2D eigenvalue weighted by Gasteiger charge is 2.10. The second-order valence-corrected chi connectivity index (χ2v) is 7.02. The minimum Gasteiger partial charge on any atom is -0.357 e. The van der Waals surface area contributed by atoms with E-state index in [-0.39, 0.29) is 24.0 Å². The summed E-state index contributed by atoms with van der Waals surface area (Å²) in [5.74, 6) is 0.928. The maximum absolute atomic E-state index is 4.66. The third-order valence-electron chi connectivity index (χ3n) is 3.75. The van der Waals surface area contributed by atoms with Crippen LogP contribution in [0.25, 0.3) is 0 Å². The molecule has 0 unspecified atom stereocenters. The van der Waals surface area contributed by atoms with E-state index in [4.69, 9.17) is 0 Å². The van der Waals surface area contributed by atoms with Gasteiger partial charge in [-0.1, -0.05) is 0 Å². The van der Waals surface area contributed by atoms with E-state index in [1.54, 1.807) is 11.3 Å². The van der Waals surface area contributed by atoms with Crippen molar-refractivity contribution in [3.8, 4) is 0 Å². The monoisotopic (exact) mass is 451 g/mol. The van der Waals surface area contributed by atoms with Gasteiger partial charge in [-0.15, -0.1) is 35.3 Å². The highest BCUT2D eigenvalue weighted by molar-refractivity contribution is 14.0. The van der Waals surface area contributed by atoms with E-state index >= 15 is 0 Å². The Morgan fingerprint density at radius 3 is 2.78 bits per heavy atom. The largest absolute Gasteiger partial charge is 0.357 e. The molecule has 1 aromatic rings. The highest BCUT2D eigenvalue weighted by Crippen LogP contribution is 2.11. The van der Waals surface area contributed by atoms with Crippen LogP contribution in [-0.2, 0) is 6.42 Å². The summed E-state index contributed by atoms with van der Waals surface area (Å²) in [6.45, 7) is 10.6. The molecule has 23 heavy (non-hydrogen) atoms. The lowest BCUT2D eigenvalue weighted by Gasteiger charge is -2.14. The number of likely N-dealkylation sites (tertiary alicyclic amines) is 1. The number of hydrogen-bond donors (Lipinski definition) is 2. The van der Waals surface area contributed by atoms with Crippen LogP contribution in [0.1, 0.15) is 36.1 Å². The topological polar surface area (TPSA) is 52.6 Å². The van der Waals surface area contributed by atoms with Crippen LogP contribution in [0.5, 0.6) is 0 Å². The number of halogens is 1. The Kier molecular flexibility index (Phi) is 10.8. The molecule has 0 amide bonds. The molecular formula is C16H30IN5S. The maximum Gasteiger partial charge on any atom is 0.191 e. The molecule has 0 radical (unpaired) electrons. The van der Waals surface area contributed by atoms with Crippen LogP contribution in [0.3, 0.4) is 0 Å². The number of aryl methyl sites for hydroxylation is 1. The first-order valence-corrected chi connectivity index (χ1v) is 9.25. The summed E-state index contributed by atoms with van der Waals surface area (Å²) < 4.78 is 0. The van der Waals surface area contributed by atoms with Crippen molar-refractivity contribution in [2.75, 3.05) is 39.3 Å². The molecule has 132 valence electrons. The standard InChI is InChI=1S/C16H29N5S.HI/c1-3-17-16(18-8-6-12-21-10-4-5-11-21)19-9-7-15-20-13-14(2)22-15;/h13H,3-12H2,1-2H3,(H2,17,18,19);1H. The third-order valence-corrected chi connectivity index (χ3v) is 4.72. The molecular weight excluding hydrogens is 421 g/mol. The summed E-state index contributed by atoms with van der Waals surface area (Å²) in [6, 6.07) is 0. The van der Waals surface area contributed by atoms with Crippen molar-refractivity contribution in [1.82, 2.24) is 20.5 Å². The Morgan fingerprint density at radius 2 is 2.13 bits per heavy atom. The average Bonchev–Trinajstić information content (AvgIpc) is 3.15. The molecule has 0 aliphatic carbocycles. The van der Waals surface area contributed by atoms with E-state index in [0.717, 1.165) is 38.4 Å². The number of nitrogens with zero attached hydrogens (tertiary/aromatic N) is 3. The summed E-state index contributed by atoms with van der Waals surface area (Å²) >= 11 is 1.77. The zero-order chi connectivity index (χ0) is 15.6. The zero-order valence-corrected chi connectivity index (χ0v) is 17.5. The van der Waals surface area contributed by atoms with Crippen molar-refractivity contribution in [3.05, 3.63) is 16.1 Å². The quantitative estimate of drug-likeness (QED) is 0.276. The number of guanidine groups is 1. The molecule has 7 heteroatoms. The van der Waals surface area contributed by atoms with Crippen LogP contribution in [0.4, 0.5) is 0 Å². The van der Waals surface area contributed by atoms with E-state index in [0.29, 0.717) is 0 Å². The lowest BCUT2D eigenvalue weighted by Crippen LogP contribution is -2.38. The first-order valence-electron chi connectivity index (χ1n) is 8.44. The van der Waals surface area contributed by atoms with Gasteiger partial charge in [-0.05, 0) is 52.7 Å². The molecule has 0 saturated carbocycles. The van der Waals surface area contributed by atoms with E-state index in [2.05, 4.69) is 39.4 Å². The van der Waals surface area contributed by atoms with Crippen LogP contribution in [0.15, 0.2) is 11.2 Å². The fraction of sp³-hybridized carbons (Fsp3) is 0.750. The van der Waals surface area contributed by atoms with Crippen molar-refractivity contribution < 1.29 is 0 Å². The lowest BCUT2D eigenvalue weighted by molar-refractivity contribution is 0.336. The van der Waals surface area contributed by atoms with Gasteiger partial charge >= 0.3 is 0 Å². The fourth-order valence-electron chi connectivity index (χ4n) is 2.64. The van der Waals surface area contributed by atoms with E-state index in [9.17, 15) is 0 Å². The predicted molar refractivity (Wildman–Crippen MR) is 110 cm³/mol. The SMILES string of the molecule is CCNC(=NCCCN1CCCC1)NCCc1ncc(C)s1.I. The summed E-state index contributed by atoms with van der Waals surface area (Å²) in [5.41, 5.74) is 0. The zero-order valence-electron chi connectivity index (χ0n) is 14.3. The minimum absolute atomic E-state index is 0. The first-order chi connectivity index (χ1) is 10.8. The van der Waals surface area contributed by atoms with Gasteiger partial charge in [0.1, 0.15) is 0 Å². The maximum atomic E-state index is 4.66. The molecule has 0 bridgehead atoms. The molecule has 0 aromatic carbocycles. The lowest BCUT2D eigenvalue weighted by atomic mass is 10.4. The van der Waals surface area contributed by atoms with Crippen molar-refractivity contribution in [1.29, 1.82) is 0 Å². The second-order valence-electron chi connectivity index (χ2n) is 5.70. The number of aliphatic imine (C=N–C) groups is 1. The number of hydrogen-bond acceptors (Lipinski definition) is 4. The molecule has 1 saturated heterocycles. The predicted octanol–water partition coefficient (Wildman–Crippen LogP) is 2.65. The first kappa shape index (κ1) is 20.6. The van der Waals surface area contributed by atoms with Crippen LogP contribution in [0.2, 0.25) is 0 Å². The summed E-state index contributed by atoms with van der Waals surface area (Å²) in [5, 5.41) is 7.90. The van der Waals surface area contributed by atoms with Gasteiger partial charge in [-0.2, -0.15) is 0 Å². The van der Waals surface area contributed by atoms with E-state index < -0.39 is 0 Å². The van der Waals surface area contributed by atoms with Crippen molar-refractivity contribution in [2.45, 2.75) is 39.5 Å². The van der Waals surface area contributed by atoms with Gasteiger partial charge in [-0.3, -0.25) is 4.99 Å². The van der Waals surface area contributed by atoms with Gasteiger partial charge in [0.15, 0.2) is 5.96 Å². The third kappa shape index (κ3) is 8.30. The molecule has 1 aliphatic heterocycles. The molecule has 1 aromatic heterocycles. The van der Waals surface area contributed by atoms with Gasteiger partial charge < -0.3 is 15.5 Å². The van der Waals surface area contributed by atoms with Crippen molar-refractivity contribution in [3.63, 3.8) is 0 Å². The van der Waals surface area contributed by atoms with Gasteiger partial charge in [0.05, 0.1) is 5.01 Å². The van der Waals surface area contributed by atoms with Gasteiger partial charge in [0.25, 0.3) is 0 Å².